The molecule has 4 heteroatoms. The number of amidine groups is 1. The molecule has 0 bridgehead atoms. The summed E-state index contributed by atoms with van der Waals surface area (Å²) in [6, 6.07) is 0. The molecule has 1 aliphatic rings. The van der Waals surface area contributed by atoms with E-state index in [9.17, 15) is 0 Å². The van der Waals surface area contributed by atoms with Crippen molar-refractivity contribution < 1.29 is 0 Å². The predicted octanol–water partition coefficient (Wildman–Crippen LogP) is 0.0588. The van der Waals surface area contributed by atoms with E-state index in [0.29, 0.717) is 5.84 Å². The summed E-state index contributed by atoms with van der Waals surface area (Å²) in [5, 5.41) is 0. The van der Waals surface area contributed by atoms with Gasteiger partial charge >= 0.3 is 0 Å². The highest BCUT2D eigenvalue weighted by Gasteiger charge is 2.23. The Labute approximate surface area is 60.2 Å². The van der Waals surface area contributed by atoms with E-state index in [-0.39, 0.29) is 5.66 Å². The molecule has 0 aromatic heterocycles. The lowest BCUT2D eigenvalue weighted by Crippen LogP contribution is -2.33. The van der Waals surface area contributed by atoms with Crippen LogP contribution in [0.3, 0.4) is 0 Å². The van der Waals surface area contributed by atoms with E-state index in [1.807, 2.05) is 20.8 Å². The van der Waals surface area contributed by atoms with E-state index in [2.05, 4.69) is 15.4 Å². The van der Waals surface area contributed by atoms with Crippen LogP contribution in [-0.4, -0.2) is 17.2 Å². The van der Waals surface area contributed by atoms with E-state index in [1.54, 1.807) is 0 Å². The average molecular weight is 140 g/mol. The normalized spacial score (nSPS) is 22.0. The molecular formula is C6H12N4. The Morgan fingerprint density at radius 1 is 1.40 bits per heavy atom. The first kappa shape index (κ1) is 7.21. The predicted molar refractivity (Wildman–Crippen MR) is 41.9 cm³/mol. The molecule has 0 amide bonds. The highest BCUT2D eigenvalue weighted by molar-refractivity contribution is 6.41. The summed E-state index contributed by atoms with van der Waals surface area (Å²) in [6.07, 6.45) is 0. The Bertz CT molecular complexity index is 202. The molecule has 56 valence electrons. The number of nitrogens with two attached hydrogens (primary N) is 1. The second-order valence-corrected chi connectivity index (χ2v) is 2.80. The smallest absolute Gasteiger partial charge is 0.158 e. The van der Waals surface area contributed by atoms with Crippen molar-refractivity contribution in [2.45, 2.75) is 26.4 Å². The zero-order valence-electron chi connectivity index (χ0n) is 6.47. The molecule has 0 saturated carbocycles. The Hall–Kier alpha value is -0.900. The zero-order chi connectivity index (χ0) is 7.78. The molecular weight excluding hydrogens is 128 g/mol. The minimum Gasteiger partial charge on any atom is -0.307 e. The SMILES string of the molecule is CC1=NC(C)(C)N=C1NN. The van der Waals surface area contributed by atoms with Crippen LogP contribution >= 0.6 is 0 Å². The fourth-order valence-corrected chi connectivity index (χ4v) is 0.980. The van der Waals surface area contributed by atoms with Gasteiger partial charge in [-0.3, -0.25) is 4.99 Å². The Morgan fingerprint density at radius 2 is 2.00 bits per heavy atom. The number of nitrogens with zero attached hydrogens (tertiary/aromatic N) is 2. The van der Waals surface area contributed by atoms with Crippen molar-refractivity contribution in [3.63, 3.8) is 0 Å². The zero-order valence-corrected chi connectivity index (χ0v) is 6.47. The van der Waals surface area contributed by atoms with Gasteiger partial charge in [-0.2, -0.15) is 0 Å². The first-order valence-electron chi connectivity index (χ1n) is 3.18. The summed E-state index contributed by atoms with van der Waals surface area (Å²) in [4.78, 5) is 8.44. The van der Waals surface area contributed by atoms with Crippen molar-refractivity contribution >= 4 is 11.5 Å². The van der Waals surface area contributed by atoms with Crippen LogP contribution in [-0.2, 0) is 0 Å². The summed E-state index contributed by atoms with van der Waals surface area (Å²) in [5.41, 5.74) is 3.03. The summed E-state index contributed by atoms with van der Waals surface area (Å²) < 4.78 is 0. The van der Waals surface area contributed by atoms with Crippen LogP contribution in [0.1, 0.15) is 20.8 Å². The fraction of sp³-hybridized carbons (Fsp3) is 0.667. The number of rotatable bonds is 0. The lowest BCUT2D eigenvalue weighted by Gasteiger charge is -2.06. The second-order valence-electron chi connectivity index (χ2n) is 2.80. The average Bonchev–Trinajstić information content (AvgIpc) is 2.05. The molecule has 0 radical (unpaired) electrons. The van der Waals surface area contributed by atoms with E-state index in [1.165, 1.54) is 0 Å². The van der Waals surface area contributed by atoms with Gasteiger partial charge in [-0.15, -0.1) is 0 Å². The van der Waals surface area contributed by atoms with Gasteiger partial charge in [0.25, 0.3) is 0 Å². The molecule has 0 unspecified atom stereocenters. The second kappa shape index (κ2) is 2.05. The van der Waals surface area contributed by atoms with Crippen LogP contribution in [0.4, 0.5) is 0 Å². The minimum absolute atomic E-state index is 0.328. The summed E-state index contributed by atoms with van der Waals surface area (Å²) >= 11 is 0. The Kier molecular flexibility index (Phi) is 1.48. The lowest BCUT2D eigenvalue weighted by atomic mass is 10.3. The number of hydrazine groups is 1. The largest absolute Gasteiger partial charge is 0.307 e. The van der Waals surface area contributed by atoms with E-state index >= 15 is 0 Å². The van der Waals surface area contributed by atoms with Crippen molar-refractivity contribution in [1.29, 1.82) is 0 Å². The summed E-state index contributed by atoms with van der Waals surface area (Å²) in [6.45, 7) is 5.75. The number of hydrogen-bond acceptors (Lipinski definition) is 4. The molecule has 1 rings (SSSR count). The van der Waals surface area contributed by atoms with Crippen molar-refractivity contribution in [2.24, 2.45) is 15.8 Å². The molecule has 0 spiro atoms. The van der Waals surface area contributed by atoms with E-state index in [0.717, 1.165) is 5.71 Å². The maximum Gasteiger partial charge on any atom is 0.158 e. The highest BCUT2D eigenvalue weighted by Crippen LogP contribution is 2.16. The third kappa shape index (κ3) is 1.16. The molecule has 0 aromatic rings. The molecule has 0 saturated heterocycles. The van der Waals surface area contributed by atoms with Crippen molar-refractivity contribution in [1.82, 2.24) is 5.43 Å². The van der Waals surface area contributed by atoms with Crippen molar-refractivity contribution in [2.75, 3.05) is 0 Å². The van der Waals surface area contributed by atoms with Gasteiger partial charge in [0.05, 0.1) is 5.71 Å². The topological polar surface area (TPSA) is 62.8 Å². The maximum atomic E-state index is 5.18. The Morgan fingerprint density at radius 3 is 2.20 bits per heavy atom. The summed E-state index contributed by atoms with van der Waals surface area (Å²) in [5.74, 6) is 5.87. The molecule has 0 atom stereocenters. The monoisotopic (exact) mass is 140 g/mol. The maximum absolute atomic E-state index is 5.18. The van der Waals surface area contributed by atoms with Crippen LogP contribution in [0.5, 0.6) is 0 Å². The third-order valence-corrected chi connectivity index (χ3v) is 1.31. The van der Waals surface area contributed by atoms with Gasteiger partial charge < -0.3 is 5.43 Å². The molecule has 0 aromatic carbocycles. The van der Waals surface area contributed by atoms with E-state index < -0.39 is 0 Å². The van der Waals surface area contributed by atoms with Gasteiger partial charge in [0.15, 0.2) is 5.84 Å². The molecule has 1 heterocycles. The molecule has 3 N–H and O–H groups in total. The number of aliphatic imine (C=N–C) groups is 2. The molecule has 10 heavy (non-hydrogen) atoms. The molecule has 1 aliphatic heterocycles. The highest BCUT2D eigenvalue weighted by atomic mass is 15.3. The van der Waals surface area contributed by atoms with Gasteiger partial charge in [0, 0.05) is 0 Å². The van der Waals surface area contributed by atoms with Crippen LogP contribution in [0, 0.1) is 0 Å². The third-order valence-electron chi connectivity index (χ3n) is 1.31. The first-order chi connectivity index (χ1) is 4.55. The first-order valence-corrected chi connectivity index (χ1v) is 3.18. The quantitative estimate of drug-likeness (QED) is 0.369. The van der Waals surface area contributed by atoms with E-state index in [4.69, 9.17) is 5.84 Å². The van der Waals surface area contributed by atoms with Crippen molar-refractivity contribution in [3.05, 3.63) is 0 Å². The number of hydrogen-bond donors (Lipinski definition) is 2. The van der Waals surface area contributed by atoms with Crippen LogP contribution in [0.15, 0.2) is 9.98 Å². The van der Waals surface area contributed by atoms with Gasteiger partial charge in [-0.05, 0) is 20.8 Å². The molecule has 4 nitrogen and oxygen atoms in total. The van der Waals surface area contributed by atoms with Gasteiger partial charge in [-0.1, -0.05) is 0 Å². The van der Waals surface area contributed by atoms with Gasteiger partial charge in [-0.25, -0.2) is 10.8 Å². The van der Waals surface area contributed by atoms with Crippen LogP contribution < -0.4 is 11.3 Å². The standard InChI is InChI=1S/C6H12N4/c1-4-5(10-7)9-6(2,3)8-4/h7H2,1-3H3,(H,9,10). The number of nitrogens with one attached hydrogen (secondary N) is 1. The van der Waals surface area contributed by atoms with Crippen molar-refractivity contribution in [3.8, 4) is 0 Å². The minimum atomic E-state index is -0.328. The molecule has 0 aliphatic carbocycles. The Balaban J connectivity index is 2.90. The molecule has 0 fully saturated rings. The fourth-order valence-electron chi connectivity index (χ4n) is 0.980. The van der Waals surface area contributed by atoms with Gasteiger partial charge in [0.1, 0.15) is 5.66 Å². The lowest BCUT2D eigenvalue weighted by molar-refractivity contribution is 0.564. The van der Waals surface area contributed by atoms with Gasteiger partial charge in [0.2, 0.25) is 0 Å². The van der Waals surface area contributed by atoms with Crippen LogP contribution in [0.2, 0.25) is 0 Å². The summed E-state index contributed by atoms with van der Waals surface area (Å²) in [7, 11) is 0. The van der Waals surface area contributed by atoms with Crippen LogP contribution in [0.25, 0.3) is 0 Å².